The van der Waals surface area contributed by atoms with E-state index in [1.165, 1.54) is 0 Å². The number of ether oxygens (including phenoxy) is 1. The first-order valence-electron chi connectivity index (χ1n) is 9.31. The second-order valence-electron chi connectivity index (χ2n) is 6.91. The second-order valence-corrected chi connectivity index (χ2v) is 6.91. The van der Waals surface area contributed by atoms with Crippen LogP contribution in [0.1, 0.15) is 33.6 Å². The van der Waals surface area contributed by atoms with E-state index in [-0.39, 0.29) is 17.9 Å². The minimum absolute atomic E-state index is 0.00614. The van der Waals surface area contributed by atoms with Crippen LogP contribution < -0.4 is 10.1 Å². The monoisotopic (exact) mass is 378 g/mol. The number of hydrogen-bond donors (Lipinski definition) is 2. The molecule has 1 aliphatic heterocycles. The number of aromatic amines is 1. The molecule has 0 aliphatic carbocycles. The number of benzene rings is 2. The van der Waals surface area contributed by atoms with Crippen LogP contribution in [0.3, 0.4) is 0 Å². The molecule has 1 aromatic heterocycles. The molecule has 0 spiro atoms. The molecule has 2 amide bonds. The molecular weight excluding hydrogens is 356 g/mol. The fourth-order valence-corrected chi connectivity index (χ4v) is 3.51. The number of aromatic nitrogens is 2. The number of carbonyl (C=O) groups is 2. The van der Waals surface area contributed by atoms with Crippen LogP contribution in [0.4, 0.5) is 0 Å². The van der Waals surface area contributed by atoms with E-state index in [9.17, 15) is 9.59 Å². The summed E-state index contributed by atoms with van der Waals surface area (Å²) < 4.78 is 5.19. The number of fused-ring (bicyclic) bond motifs is 1. The van der Waals surface area contributed by atoms with Crippen molar-refractivity contribution in [1.82, 2.24) is 20.2 Å². The van der Waals surface area contributed by atoms with Gasteiger partial charge in [0.2, 0.25) is 0 Å². The minimum atomic E-state index is -0.103. The number of imidazole rings is 1. The van der Waals surface area contributed by atoms with Crippen molar-refractivity contribution in [3.05, 3.63) is 59.9 Å². The van der Waals surface area contributed by atoms with Gasteiger partial charge in [-0.2, -0.15) is 0 Å². The van der Waals surface area contributed by atoms with Crippen molar-refractivity contribution in [2.24, 2.45) is 0 Å². The number of H-pyrrole nitrogens is 1. The van der Waals surface area contributed by atoms with Crippen LogP contribution in [0.5, 0.6) is 5.75 Å². The van der Waals surface area contributed by atoms with Crippen LogP contribution in [-0.4, -0.2) is 52.9 Å². The summed E-state index contributed by atoms with van der Waals surface area (Å²) in [5, 5.41) is 3.08. The van der Waals surface area contributed by atoms with Crippen molar-refractivity contribution in [1.29, 1.82) is 0 Å². The zero-order valence-electron chi connectivity index (χ0n) is 15.6. The maximum absolute atomic E-state index is 12.7. The lowest BCUT2D eigenvalue weighted by Gasteiger charge is -2.32. The predicted molar refractivity (Wildman–Crippen MR) is 105 cm³/mol. The molecule has 4 rings (SSSR count). The van der Waals surface area contributed by atoms with Crippen LogP contribution in [0.2, 0.25) is 0 Å². The Balaban J connectivity index is 1.34. The first kappa shape index (κ1) is 18.0. The molecule has 0 atom stereocenters. The molecule has 1 fully saturated rings. The molecule has 0 bridgehead atoms. The Morgan fingerprint density at radius 2 is 1.96 bits per heavy atom. The SMILES string of the molecule is COc1cccc(C(=O)N2CCC(NC(=O)c3ccc4nc[nH]c4c3)CC2)c1. The average Bonchev–Trinajstić information content (AvgIpc) is 3.21. The molecular formula is C21H22N4O3. The van der Waals surface area contributed by atoms with Crippen molar-refractivity contribution in [3.8, 4) is 5.75 Å². The van der Waals surface area contributed by atoms with Crippen molar-refractivity contribution in [2.45, 2.75) is 18.9 Å². The highest BCUT2D eigenvalue weighted by atomic mass is 16.5. The summed E-state index contributed by atoms with van der Waals surface area (Å²) in [5.74, 6) is 0.560. The summed E-state index contributed by atoms with van der Waals surface area (Å²) in [6.07, 6.45) is 3.07. The minimum Gasteiger partial charge on any atom is -0.497 e. The van der Waals surface area contributed by atoms with Gasteiger partial charge in [-0.05, 0) is 49.2 Å². The molecule has 1 aliphatic rings. The van der Waals surface area contributed by atoms with Crippen LogP contribution in [0.15, 0.2) is 48.8 Å². The lowest BCUT2D eigenvalue weighted by molar-refractivity contribution is 0.0697. The largest absolute Gasteiger partial charge is 0.497 e. The van der Waals surface area contributed by atoms with Gasteiger partial charge in [-0.15, -0.1) is 0 Å². The standard InChI is InChI=1S/C21H22N4O3/c1-28-17-4-2-3-15(11-17)21(27)25-9-7-16(8-10-25)24-20(26)14-5-6-18-19(12-14)23-13-22-18/h2-6,11-13,16H,7-10H2,1H3,(H,22,23)(H,24,26). The summed E-state index contributed by atoms with van der Waals surface area (Å²) in [6, 6.07) is 12.6. The van der Waals surface area contributed by atoms with Gasteiger partial charge < -0.3 is 19.9 Å². The van der Waals surface area contributed by atoms with Crippen molar-refractivity contribution in [2.75, 3.05) is 20.2 Å². The molecule has 3 aromatic rings. The summed E-state index contributed by atoms with van der Waals surface area (Å²) >= 11 is 0. The number of methoxy groups -OCH3 is 1. The normalized spacial score (nSPS) is 14.8. The van der Waals surface area contributed by atoms with Crippen LogP contribution in [-0.2, 0) is 0 Å². The van der Waals surface area contributed by atoms with Crippen molar-refractivity contribution >= 4 is 22.8 Å². The van der Waals surface area contributed by atoms with Gasteiger partial charge in [-0.25, -0.2) is 4.98 Å². The lowest BCUT2D eigenvalue weighted by atomic mass is 10.0. The van der Waals surface area contributed by atoms with E-state index in [4.69, 9.17) is 4.74 Å². The van der Waals surface area contributed by atoms with Crippen molar-refractivity contribution < 1.29 is 14.3 Å². The number of nitrogens with zero attached hydrogens (tertiary/aromatic N) is 2. The predicted octanol–water partition coefficient (Wildman–Crippen LogP) is 2.61. The van der Waals surface area contributed by atoms with E-state index in [0.717, 1.165) is 23.9 Å². The van der Waals surface area contributed by atoms with Gasteiger partial charge in [0.15, 0.2) is 0 Å². The van der Waals surface area contributed by atoms with E-state index < -0.39 is 0 Å². The molecule has 144 valence electrons. The second kappa shape index (κ2) is 7.72. The molecule has 7 nitrogen and oxygen atoms in total. The quantitative estimate of drug-likeness (QED) is 0.731. The third kappa shape index (κ3) is 3.69. The number of likely N-dealkylation sites (tertiary alicyclic amines) is 1. The lowest BCUT2D eigenvalue weighted by Crippen LogP contribution is -2.46. The Labute approximate surface area is 162 Å². The molecule has 0 saturated carbocycles. The van der Waals surface area contributed by atoms with Crippen molar-refractivity contribution in [3.63, 3.8) is 0 Å². The zero-order chi connectivity index (χ0) is 19.5. The van der Waals surface area contributed by atoms with E-state index in [1.54, 1.807) is 37.7 Å². The van der Waals surface area contributed by atoms with Gasteiger partial charge in [-0.3, -0.25) is 9.59 Å². The third-order valence-electron chi connectivity index (χ3n) is 5.12. The Morgan fingerprint density at radius 3 is 2.75 bits per heavy atom. The number of piperidine rings is 1. The van der Waals surface area contributed by atoms with Gasteiger partial charge >= 0.3 is 0 Å². The number of hydrogen-bond acceptors (Lipinski definition) is 4. The molecule has 28 heavy (non-hydrogen) atoms. The molecule has 2 heterocycles. The summed E-state index contributed by atoms with van der Waals surface area (Å²) in [5.41, 5.74) is 2.90. The Kier molecular flexibility index (Phi) is 4.97. The molecule has 2 aromatic carbocycles. The highest BCUT2D eigenvalue weighted by Gasteiger charge is 2.25. The van der Waals surface area contributed by atoms with E-state index in [1.807, 2.05) is 23.1 Å². The summed E-state index contributed by atoms with van der Waals surface area (Å²) in [6.45, 7) is 1.22. The molecule has 1 saturated heterocycles. The van der Waals surface area contributed by atoms with Gasteiger partial charge in [0.25, 0.3) is 11.8 Å². The third-order valence-corrected chi connectivity index (χ3v) is 5.12. The summed E-state index contributed by atoms with van der Waals surface area (Å²) in [4.78, 5) is 34.2. The smallest absolute Gasteiger partial charge is 0.253 e. The molecule has 2 N–H and O–H groups in total. The number of rotatable bonds is 4. The number of amides is 2. The maximum Gasteiger partial charge on any atom is 0.253 e. The number of carbonyl (C=O) groups excluding carboxylic acids is 2. The molecule has 0 radical (unpaired) electrons. The first-order chi connectivity index (χ1) is 13.6. The van der Waals surface area contributed by atoms with E-state index >= 15 is 0 Å². The Bertz CT molecular complexity index is 1010. The summed E-state index contributed by atoms with van der Waals surface area (Å²) in [7, 11) is 1.59. The highest BCUT2D eigenvalue weighted by molar-refractivity contribution is 5.97. The fourth-order valence-electron chi connectivity index (χ4n) is 3.51. The topological polar surface area (TPSA) is 87.3 Å². The average molecular weight is 378 g/mol. The number of nitrogens with one attached hydrogen (secondary N) is 2. The van der Waals surface area contributed by atoms with Gasteiger partial charge in [0, 0.05) is 30.3 Å². The van der Waals surface area contributed by atoms with Gasteiger partial charge in [0.05, 0.1) is 24.5 Å². The first-order valence-corrected chi connectivity index (χ1v) is 9.31. The van der Waals surface area contributed by atoms with Crippen LogP contribution >= 0.6 is 0 Å². The highest BCUT2D eigenvalue weighted by Crippen LogP contribution is 2.18. The van der Waals surface area contributed by atoms with Crippen LogP contribution in [0.25, 0.3) is 11.0 Å². The Morgan fingerprint density at radius 1 is 1.14 bits per heavy atom. The van der Waals surface area contributed by atoms with E-state index in [0.29, 0.717) is 30.0 Å². The zero-order valence-corrected chi connectivity index (χ0v) is 15.6. The van der Waals surface area contributed by atoms with Gasteiger partial charge in [-0.1, -0.05) is 6.07 Å². The molecule has 7 heteroatoms. The maximum atomic E-state index is 12.7. The van der Waals surface area contributed by atoms with E-state index in [2.05, 4.69) is 15.3 Å². The fraction of sp³-hybridized carbons (Fsp3) is 0.286. The van der Waals surface area contributed by atoms with Gasteiger partial charge in [0.1, 0.15) is 5.75 Å². The van der Waals surface area contributed by atoms with Crippen LogP contribution in [0, 0.1) is 0 Å². The Hall–Kier alpha value is -3.35. The molecule has 0 unspecified atom stereocenters.